The van der Waals surface area contributed by atoms with Crippen LogP contribution in [0.4, 0.5) is 4.39 Å². The highest BCUT2D eigenvalue weighted by Crippen LogP contribution is 2.16. The van der Waals surface area contributed by atoms with Gasteiger partial charge in [-0.15, -0.1) is 0 Å². The molecule has 3 aromatic rings. The van der Waals surface area contributed by atoms with Crippen LogP contribution in [0.3, 0.4) is 0 Å². The average molecular weight is 379 g/mol. The van der Waals surface area contributed by atoms with Crippen molar-refractivity contribution in [2.45, 2.75) is 33.0 Å². The predicted octanol–water partition coefficient (Wildman–Crippen LogP) is 3.81. The molecule has 3 rings (SSSR count). The normalized spacial score (nSPS) is 12.6. The van der Waals surface area contributed by atoms with Crippen molar-refractivity contribution in [2.24, 2.45) is 4.99 Å². The molecule has 0 amide bonds. The van der Waals surface area contributed by atoms with E-state index in [4.69, 9.17) is 0 Å². The van der Waals surface area contributed by atoms with Gasteiger partial charge in [-0.1, -0.05) is 36.4 Å². The number of hydrogen-bond donors (Lipinski definition) is 2. The zero-order valence-electron chi connectivity index (χ0n) is 16.5. The maximum atomic E-state index is 13.8. The Morgan fingerprint density at radius 3 is 2.71 bits per heavy atom. The van der Waals surface area contributed by atoms with Crippen LogP contribution < -0.4 is 10.6 Å². The second-order valence-electron chi connectivity index (χ2n) is 6.82. The van der Waals surface area contributed by atoms with Crippen molar-refractivity contribution in [2.75, 3.05) is 7.05 Å². The maximum Gasteiger partial charge on any atom is 0.191 e. The second kappa shape index (κ2) is 9.17. The standard InChI is InChI=1S/C22H26FN5/c1-16-8-9-20(13-21(16)23)17(2)27-22(24-3)25-14-18-6-4-7-19(12-18)15-28-11-5-10-26-28/h4-13,17H,14-15H2,1-3H3,(H2,24,25,27). The number of halogens is 1. The van der Waals surface area contributed by atoms with Gasteiger partial charge in [-0.3, -0.25) is 9.67 Å². The van der Waals surface area contributed by atoms with Gasteiger partial charge in [0, 0.05) is 26.0 Å². The van der Waals surface area contributed by atoms with Gasteiger partial charge in [0.05, 0.1) is 12.6 Å². The second-order valence-corrected chi connectivity index (χ2v) is 6.82. The molecule has 0 aliphatic carbocycles. The van der Waals surface area contributed by atoms with Gasteiger partial charge in [-0.25, -0.2) is 4.39 Å². The van der Waals surface area contributed by atoms with Crippen molar-refractivity contribution >= 4 is 5.96 Å². The lowest BCUT2D eigenvalue weighted by molar-refractivity contribution is 0.607. The third kappa shape index (κ3) is 5.19. The van der Waals surface area contributed by atoms with Crippen LogP contribution in [0, 0.1) is 12.7 Å². The molecule has 0 bridgehead atoms. The molecule has 1 heterocycles. The van der Waals surface area contributed by atoms with E-state index in [2.05, 4.69) is 38.9 Å². The van der Waals surface area contributed by atoms with Crippen LogP contribution in [0.15, 0.2) is 65.9 Å². The molecule has 146 valence electrons. The van der Waals surface area contributed by atoms with Gasteiger partial charge in [0.1, 0.15) is 5.82 Å². The van der Waals surface area contributed by atoms with Crippen molar-refractivity contribution in [3.63, 3.8) is 0 Å². The molecule has 0 spiro atoms. The van der Waals surface area contributed by atoms with Crippen LogP contribution in [0.5, 0.6) is 0 Å². The molecule has 0 saturated heterocycles. The highest BCUT2D eigenvalue weighted by molar-refractivity contribution is 5.80. The average Bonchev–Trinajstić information content (AvgIpc) is 3.20. The smallest absolute Gasteiger partial charge is 0.191 e. The topological polar surface area (TPSA) is 54.2 Å². The minimum atomic E-state index is -0.192. The van der Waals surface area contributed by atoms with E-state index >= 15 is 0 Å². The number of aliphatic imine (C=N–C) groups is 1. The van der Waals surface area contributed by atoms with Crippen LogP contribution in [0.2, 0.25) is 0 Å². The first-order valence-electron chi connectivity index (χ1n) is 9.33. The van der Waals surface area contributed by atoms with Crippen LogP contribution in [-0.2, 0) is 13.1 Å². The number of benzene rings is 2. The Labute approximate surface area is 165 Å². The van der Waals surface area contributed by atoms with Crippen molar-refractivity contribution in [1.82, 2.24) is 20.4 Å². The maximum absolute atomic E-state index is 13.8. The Hall–Kier alpha value is -3.15. The number of nitrogens with one attached hydrogen (secondary N) is 2. The van der Waals surface area contributed by atoms with Crippen molar-refractivity contribution < 1.29 is 4.39 Å². The lowest BCUT2D eigenvalue weighted by Crippen LogP contribution is -2.38. The van der Waals surface area contributed by atoms with Gasteiger partial charge >= 0.3 is 0 Å². The van der Waals surface area contributed by atoms with E-state index in [1.807, 2.05) is 36.0 Å². The Kier molecular flexibility index (Phi) is 6.42. The summed E-state index contributed by atoms with van der Waals surface area (Å²) in [6.45, 7) is 5.13. The number of aryl methyl sites for hydroxylation is 1. The zero-order chi connectivity index (χ0) is 19.9. The fourth-order valence-electron chi connectivity index (χ4n) is 2.97. The van der Waals surface area contributed by atoms with Gasteiger partial charge in [0.15, 0.2) is 5.96 Å². The molecule has 28 heavy (non-hydrogen) atoms. The van der Waals surface area contributed by atoms with Gasteiger partial charge < -0.3 is 10.6 Å². The molecule has 2 N–H and O–H groups in total. The van der Waals surface area contributed by atoms with E-state index < -0.39 is 0 Å². The van der Waals surface area contributed by atoms with Crippen LogP contribution >= 0.6 is 0 Å². The first kappa shape index (κ1) is 19.6. The fourth-order valence-corrected chi connectivity index (χ4v) is 2.97. The van der Waals surface area contributed by atoms with Crippen molar-refractivity contribution in [3.05, 3.63) is 89.0 Å². The van der Waals surface area contributed by atoms with E-state index in [9.17, 15) is 4.39 Å². The first-order valence-corrected chi connectivity index (χ1v) is 9.33. The SMILES string of the molecule is CN=C(NCc1cccc(Cn2cccn2)c1)NC(C)c1ccc(C)c(F)c1. The summed E-state index contributed by atoms with van der Waals surface area (Å²) in [5.74, 6) is 0.481. The number of nitrogens with zero attached hydrogens (tertiary/aromatic N) is 3. The summed E-state index contributed by atoms with van der Waals surface area (Å²) in [5.41, 5.74) is 3.87. The summed E-state index contributed by atoms with van der Waals surface area (Å²) in [6, 6.07) is 15.5. The first-order chi connectivity index (χ1) is 13.5. The summed E-state index contributed by atoms with van der Waals surface area (Å²) in [4.78, 5) is 4.28. The van der Waals surface area contributed by atoms with Gasteiger partial charge in [-0.2, -0.15) is 5.10 Å². The third-order valence-electron chi connectivity index (χ3n) is 4.63. The van der Waals surface area contributed by atoms with Crippen molar-refractivity contribution in [3.8, 4) is 0 Å². The highest BCUT2D eigenvalue weighted by atomic mass is 19.1. The van der Waals surface area contributed by atoms with Crippen LogP contribution in [0.25, 0.3) is 0 Å². The lowest BCUT2D eigenvalue weighted by atomic mass is 10.1. The lowest BCUT2D eigenvalue weighted by Gasteiger charge is -2.19. The minimum Gasteiger partial charge on any atom is -0.352 e. The molecule has 0 radical (unpaired) electrons. The fraction of sp³-hybridized carbons (Fsp3) is 0.273. The minimum absolute atomic E-state index is 0.0625. The monoisotopic (exact) mass is 379 g/mol. The molecule has 5 nitrogen and oxygen atoms in total. The summed E-state index contributed by atoms with van der Waals surface area (Å²) in [6.07, 6.45) is 3.73. The molecule has 0 fully saturated rings. The van der Waals surface area contributed by atoms with E-state index in [0.717, 1.165) is 17.7 Å². The predicted molar refractivity (Wildman–Crippen MR) is 111 cm³/mol. The third-order valence-corrected chi connectivity index (χ3v) is 4.63. The van der Waals surface area contributed by atoms with Gasteiger partial charge in [0.25, 0.3) is 0 Å². The molecular formula is C22H26FN5. The number of guanidine groups is 1. The molecule has 6 heteroatoms. The quantitative estimate of drug-likeness (QED) is 0.506. The summed E-state index contributed by atoms with van der Waals surface area (Å²) < 4.78 is 15.7. The molecule has 1 unspecified atom stereocenters. The Balaban J connectivity index is 1.58. The molecule has 0 aliphatic rings. The molecular weight excluding hydrogens is 353 g/mol. The Morgan fingerprint density at radius 1 is 1.18 bits per heavy atom. The van der Waals surface area contributed by atoms with E-state index in [1.54, 1.807) is 32.3 Å². The summed E-state index contributed by atoms with van der Waals surface area (Å²) >= 11 is 0. The van der Waals surface area contributed by atoms with E-state index in [1.165, 1.54) is 5.56 Å². The zero-order valence-corrected chi connectivity index (χ0v) is 16.5. The summed E-state index contributed by atoms with van der Waals surface area (Å²) in [5, 5.41) is 10.9. The molecule has 2 aromatic carbocycles. The van der Waals surface area contributed by atoms with Gasteiger partial charge in [0.2, 0.25) is 0 Å². The summed E-state index contributed by atoms with van der Waals surface area (Å²) in [7, 11) is 1.73. The number of rotatable bonds is 6. The van der Waals surface area contributed by atoms with Gasteiger partial charge in [-0.05, 0) is 48.2 Å². The molecule has 0 aliphatic heterocycles. The largest absolute Gasteiger partial charge is 0.352 e. The Bertz CT molecular complexity index is 934. The van der Waals surface area contributed by atoms with Crippen LogP contribution in [-0.4, -0.2) is 22.8 Å². The van der Waals surface area contributed by atoms with E-state index in [-0.39, 0.29) is 11.9 Å². The van der Waals surface area contributed by atoms with E-state index in [0.29, 0.717) is 18.1 Å². The number of aromatic nitrogens is 2. The molecule has 1 atom stereocenters. The van der Waals surface area contributed by atoms with Crippen molar-refractivity contribution in [1.29, 1.82) is 0 Å². The highest BCUT2D eigenvalue weighted by Gasteiger charge is 2.10. The van der Waals surface area contributed by atoms with Crippen LogP contribution in [0.1, 0.15) is 35.2 Å². The Morgan fingerprint density at radius 2 is 2.00 bits per heavy atom. The molecule has 0 saturated carbocycles. The number of hydrogen-bond acceptors (Lipinski definition) is 2. The molecule has 1 aromatic heterocycles.